The van der Waals surface area contributed by atoms with Gasteiger partial charge >= 0.3 is 37.3 Å². The van der Waals surface area contributed by atoms with E-state index < -0.39 is 0 Å². The van der Waals surface area contributed by atoms with E-state index in [1.54, 1.807) is 0 Å². The topological polar surface area (TPSA) is 0 Å². The molecule has 0 nitrogen and oxygen atoms in total. The van der Waals surface area contributed by atoms with Crippen molar-refractivity contribution >= 4 is 0 Å². The first-order valence-electron chi connectivity index (χ1n) is 1.11. The third-order valence-corrected chi connectivity index (χ3v) is 0.697. The molecule has 0 heterocycles. The molecule has 0 bridgehead atoms. The van der Waals surface area contributed by atoms with Crippen LogP contribution in [0.25, 0.3) is 0 Å². The molecule has 0 rings (SSSR count). The van der Waals surface area contributed by atoms with Gasteiger partial charge in [0.05, 0.1) is 0 Å². The number of rotatable bonds is 1. The summed E-state index contributed by atoms with van der Waals surface area (Å²) in [6, 6.07) is 0. The summed E-state index contributed by atoms with van der Waals surface area (Å²) in [6.45, 7) is 3.48. The van der Waals surface area contributed by atoms with E-state index in [2.05, 4.69) is 6.58 Å². The van der Waals surface area contributed by atoms with Crippen molar-refractivity contribution in [3.8, 4) is 0 Å². The SMILES string of the molecule is C=C[CH2][Mo]. The predicted octanol–water partition coefficient (Wildman–Crippen LogP) is 1.14. The van der Waals surface area contributed by atoms with Crippen molar-refractivity contribution in [1.29, 1.82) is 0 Å². The molecule has 0 N–H and O–H groups in total. The molecule has 0 aromatic rings. The van der Waals surface area contributed by atoms with Crippen LogP contribution in [0.1, 0.15) is 0 Å². The zero-order chi connectivity index (χ0) is 3.41. The molecule has 0 radical (unpaired) electrons. The Bertz CT molecular complexity index is 17.2. The zero-order valence-corrected chi connectivity index (χ0v) is 4.41. The van der Waals surface area contributed by atoms with E-state index in [1.807, 2.05) is 25.9 Å². The molecule has 0 saturated heterocycles. The number of hydrogen-bond donors (Lipinski definition) is 0. The van der Waals surface area contributed by atoms with Gasteiger partial charge in [0.15, 0.2) is 0 Å². The van der Waals surface area contributed by atoms with Gasteiger partial charge in [0.25, 0.3) is 0 Å². The average molecular weight is 137 g/mol. The zero-order valence-electron chi connectivity index (χ0n) is 2.40. The van der Waals surface area contributed by atoms with Crippen LogP contribution in [0.15, 0.2) is 12.7 Å². The Morgan fingerprint density at radius 3 is 2.25 bits per heavy atom. The Balaban J connectivity index is 2.30. The molecule has 0 aliphatic carbocycles. The second-order valence-corrected chi connectivity index (χ2v) is 1.27. The van der Waals surface area contributed by atoms with Gasteiger partial charge < -0.3 is 0 Å². The molecule has 1 heteroatoms. The molecule has 0 aromatic carbocycles. The van der Waals surface area contributed by atoms with Crippen LogP contribution >= 0.6 is 0 Å². The fraction of sp³-hybridized carbons (Fsp3) is 0.333. The summed E-state index contributed by atoms with van der Waals surface area (Å²) in [5.41, 5.74) is 0. The number of allylic oxidation sites excluding steroid dienone is 1. The van der Waals surface area contributed by atoms with Crippen molar-refractivity contribution in [2.75, 3.05) is 0 Å². The van der Waals surface area contributed by atoms with E-state index in [-0.39, 0.29) is 0 Å². The Morgan fingerprint density at radius 1 is 2.00 bits per heavy atom. The van der Waals surface area contributed by atoms with Crippen molar-refractivity contribution in [3.05, 3.63) is 12.7 Å². The van der Waals surface area contributed by atoms with E-state index in [0.717, 1.165) is 4.81 Å². The summed E-state index contributed by atoms with van der Waals surface area (Å²) in [6.07, 6.45) is 1.88. The molecule has 0 saturated carbocycles. The molecule has 0 spiro atoms. The first kappa shape index (κ1) is 4.43. The Hall–Kier alpha value is 0.428. The molecule has 0 aromatic heterocycles. The Morgan fingerprint density at radius 2 is 2.25 bits per heavy atom. The molecule has 0 aliphatic rings. The second kappa shape index (κ2) is 3.43. The summed E-state index contributed by atoms with van der Waals surface area (Å²) in [5, 5.41) is 0. The van der Waals surface area contributed by atoms with Gasteiger partial charge in [0.1, 0.15) is 0 Å². The molecule has 0 fully saturated rings. The van der Waals surface area contributed by atoms with Crippen LogP contribution in [0.2, 0.25) is 4.81 Å². The maximum absolute atomic E-state index is 3.48. The van der Waals surface area contributed by atoms with Gasteiger partial charge in [-0.1, -0.05) is 0 Å². The monoisotopic (exact) mass is 139 g/mol. The van der Waals surface area contributed by atoms with Gasteiger partial charge in [0, 0.05) is 0 Å². The van der Waals surface area contributed by atoms with Crippen LogP contribution in [-0.4, -0.2) is 0 Å². The van der Waals surface area contributed by atoms with Crippen LogP contribution in [0.4, 0.5) is 0 Å². The van der Waals surface area contributed by atoms with E-state index >= 15 is 0 Å². The van der Waals surface area contributed by atoms with Crippen molar-refractivity contribution in [2.45, 2.75) is 4.81 Å². The summed E-state index contributed by atoms with van der Waals surface area (Å²) in [5.74, 6) is 0. The fourth-order valence-electron chi connectivity index (χ4n) is 0. The molecule has 23 valence electrons. The van der Waals surface area contributed by atoms with Gasteiger partial charge in [-0.25, -0.2) is 0 Å². The van der Waals surface area contributed by atoms with Crippen LogP contribution < -0.4 is 0 Å². The van der Waals surface area contributed by atoms with Crippen molar-refractivity contribution in [3.63, 3.8) is 0 Å². The fourth-order valence-corrected chi connectivity index (χ4v) is 0. The number of hydrogen-bond acceptors (Lipinski definition) is 0. The van der Waals surface area contributed by atoms with Gasteiger partial charge in [-0.15, -0.1) is 0 Å². The summed E-state index contributed by atoms with van der Waals surface area (Å²) in [7, 11) is 0. The summed E-state index contributed by atoms with van der Waals surface area (Å²) < 4.78 is 0. The van der Waals surface area contributed by atoms with E-state index in [0.29, 0.717) is 0 Å². The first-order chi connectivity index (χ1) is 1.91. The van der Waals surface area contributed by atoms with E-state index in [4.69, 9.17) is 0 Å². The van der Waals surface area contributed by atoms with Gasteiger partial charge in [0.2, 0.25) is 0 Å². The van der Waals surface area contributed by atoms with Gasteiger partial charge in [-0.05, 0) is 0 Å². The predicted molar refractivity (Wildman–Crippen MR) is 15.0 cm³/mol. The van der Waals surface area contributed by atoms with Gasteiger partial charge in [-0.2, -0.15) is 0 Å². The summed E-state index contributed by atoms with van der Waals surface area (Å²) in [4.78, 5) is 1.09. The minimum atomic E-state index is 1.09. The molecule has 0 unspecified atom stereocenters. The third kappa shape index (κ3) is 2.43. The third-order valence-electron chi connectivity index (χ3n) is 0.118. The Kier molecular flexibility index (Phi) is 3.80. The van der Waals surface area contributed by atoms with E-state index in [1.165, 1.54) is 0 Å². The molecular formula is C3H5Mo. The molecule has 0 atom stereocenters. The van der Waals surface area contributed by atoms with Crippen molar-refractivity contribution < 1.29 is 19.8 Å². The average Bonchev–Trinajstić information content (AvgIpc) is 1.37. The molecule has 4 heavy (non-hydrogen) atoms. The van der Waals surface area contributed by atoms with Crippen LogP contribution in [0.3, 0.4) is 0 Å². The van der Waals surface area contributed by atoms with E-state index in [9.17, 15) is 0 Å². The van der Waals surface area contributed by atoms with Crippen LogP contribution in [-0.2, 0) is 19.8 Å². The summed E-state index contributed by atoms with van der Waals surface area (Å²) >= 11 is 2.01. The quantitative estimate of drug-likeness (QED) is 0.375. The first-order valence-corrected chi connectivity index (χ1v) is 2.52. The van der Waals surface area contributed by atoms with Crippen molar-refractivity contribution in [1.82, 2.24) is 0 Å². The standard InChI is InChI=1S/C3H5.Mo/c1-3-2;/h3H,1-2H2;. The maximum atomic E-state index is 3.48. The second-order valence-electron chi connectivity index (χ2n) is 0.455. The normalized spacial score (nSPS) is 6.00. The Labute approximate surface area is 37.8 Å². The van der Waals surface area contributed by atoms with Crippen LogP contribution in [0.5, 0.6) is 0 Å². The minimum absolute atomic E-state index is 1.09. The molecule has 0 amide bonds. The van der Waals surface area contributed by atoms with Gasteiger partial charge in [-0.3, -0.25) is 0 Å². The molecular weight excluding hydrogens is 132 g/mol. The van der Waals surface area contributed by atoms with Crippen molar-refractivity contribution in [2.24, 2.45) is 0 Å². The molecule has 0 aliphatic heterocycles. The van der Waals surface area contributed by atoms with Crippen LogP contribution in [0, 0.1) is 0 Å².